The van der Waals surface area contributed by atoms with Crippen LogP contribution in [-0.2, 0) is 28.2 Å². The highest BCUT2D eigenvalue weighted by Gasteiger charge is 2.20. The highest BCUT2D eigenvalue weighted by molar-refractivity contribution is 7.98. The van der Waals surface area contributed by atoms with Gasteiger partial charge < -0.3 is 9.30 Å². The molecule has 2 rings (SSSR count). The minimum Gasteiger partial charge on any atom is -0.464 e. The van der Waals surface area contributed by atoms with Crippen LogP contribution in [0.25, 0.3) is 0 Å². The van der Waals surface area contributed by atoms with Crippen molar-refractivity contribution in [1.82, 2.24) is 9.29 Å². The van der Waals surface area contributed by atoms with E-state index in [9.17, 15) is 13.2 Å². The maximum atomic E-state index is 12.3. The van der Waals surface area contributed by atoms with Crippen LogP contribution in [0.2, 0.25) is 0 Å². The number of aryl methyl sites for hydroxylation is 1. The molecule has 0 fully saturated rings. The van der Waals surface area contributed by atoms with E-state index in [-0.39, 0.29) is 17.1 Å². The van der Waals surface area contributed by atoms with E-state index in [4.69, 9.17) is 0 Å². The van der Waals surface area contributed by atoms with E-state index in [1.54, 1.807) is 18.8 Å². The lowest BCUT2D eigenvalue weighted by atomic mass is 10.2. The molecule has 8 heteroatoms. The van der Waals surface area contributed by atoms with Crippen molar-refractivity contribution in [3.63, 3.8) is 0 Å². The number of hydrogen-bond donors (Lipinski definition) is 1. The van der Waals surface area contributed by atoms with Crippen molar-refractivity contribution in [1.29, 1.82) is 0 Å². The van der Waals surface area contributed by atoms with Gasteiger partial charge in [0.05, 0.1) is 7.11 Å². The standard InChI is InChI=1S/C16H20N2O4S2/c1-18-11-14(10-15(18)16(19)22-2)24(20,21)17-9-8-12-4-6-13(23-3)7-5-12/h4-7,10-11,17H,8-9H2,1-3H3. The van der Waals surface area contributed by atoms with Crippen LogP contribution >= 0.6 is 11.8 Å². The lowest BCUT2D eigenvalue weighted by Gasteiger charge is -2.05. The van der Waals surface area contributed by atoms with Gasteiger partial charge in [0.15, 0.2) is 0 Å². The van der Waals surface area contributed by atoms with E-state index in [1.807, 2.05) is 30.5 Å². The first kappa shape index (κ1) is 18.6. The van der Waals surface area contributed by atoms with Crippen molar-refractivity contribution >= 4 is 27.8 Å². The summed E-state index contributed by atoms with van der Waals surface area (Å²) in [5.74, 6) is -0.576. The van der Waals surface area contributed by atoms with Gasteiger partial charge in [-0.15, -0.1) is 11.8 Å². The van der Waals surface area contributed by atoms with Crippen molar-refractivity contribution in [2.45, 2.75) is 16.2 Å². The van der Waals surface area contributed by atoms with Gasteiger partial charge in [-0.2, -0.15) is 0 Å². The number of aromatic nitrogens is 1. The molecule has 0 unspecified atom stereocenters. The van der Waals surface area contributed by atoms with E-state index in [0.29, 0.717) is 6.42 Å². The molecule has 0 radical (unpaired) electrons. The topological polar surface area (TPSA) is 77.4 Å². The molecule has 0 atom stereocenters. The molecule has 0 aliphatic rings. The predicted molar refractivity (Wildman–Crippen MR) is 93.9 cm³/mol. The second-order valence-electron chi connectivity index (χ2n) is 5.16. The molecule has 0 amide bonds. The Labute approximate surface area is 146 Å². The van der Waals surface area contributed by atoms with Crippen LogP contribution < -0.4 is 4.72 Å². The third-order valence-electron chi connectivity index (χ3n) is 3.55. The highest BCUT2D eigenvalue weighted by atomic mass is 32.2. The van der Waals surface area contributed by atoms with E-state index in [2.05, 4.69) is 9.46 Å². The van der Waals surface area contributed by atoms with Gasteiger partial charge in [-0.05, 0) is 36.4 Å². The lowest BCUT2D eigenvalue weighted by molar-refractivity contribution is 0.0590. The zero-order valence-electron chi connectivity index (χ0n) is 13.8. The maximum absolute atomic E-state index is 12.3. The van der Waals surface area contributed by atoms with Gasteiger partial charge in [0.25, 0.3) is 0 Å². The Bertz CT molecular complexity index is 811. The molecule has 1 N–H and O–H groups in total. The smallest absolute Gasteiger partial charge is 0.354 e. The van der Waals surface area contributed by atoms with Crippen molar-refractivity contribution in [3.8, 4) is 0 Å². The Morgan fingerprint density at radius 3 is 2.54 bits per heavy atom. The van der Waals surface area contributed by atoms with E-state index >= 15 is 0 Å². The monoisotopic (exact) mass is 368 g/mol. The molecule has 1 heterocycles. The summed E-state index contributed by atoms with van der Waals surface area (Å²) in [6.07, 6.45) is 3.98. The third-order valence-corrected chi connectivity index (χ3v) is 5.72. The third kappa shape index (κ3) is 4.40. The summed E-state index contributed by atoms with van der Waals surface area (Å²) in [4.78, 5) is 12.8. The number of carbonyl (C=O) groups excluding carboxylic acids is 1. The van der Waals surface area contributed by atoms with Crippen molar-refractivity contribution in [3.05, 3.63) is 47.8 Å². The molecule has 130 valence electrons. The number of methoxy groups -OCH3 is 1. The number of hydrogen-bond acceptors (Lipinski definition) is 5. The van der Waals surface area contributed by atoms with Crippen LogP contribution in [0.3, 0.4) is 0 Å². The molecular formula is C16H20N2O4S2. The average Bonchev–Trinajstić information content (AvgIpc) is 2.97. The van der Waals surface area contributed by atoms with Crippen molar-refractivity contribution < 1.29 is 17.9 Å². The Morgan fingerprint density at radius 1 is 1.29 bits per heavy atom. The van der Waals surface area contributed by atoms with Crippen molar-refractivity contribution in [2.24, 2.45) is 7.05 Å². The molecule has 0 saturated carbocycles. The van der Waals surface area contributed by atoms with E-state index < -0.39 is 16.0 Å². The number of sulfonamides is 1. The van der Waals surface area contributed by atoms with E-state index in [1.165, 1.54) is 28.8 Å². The second-order valence-corrected chi connectivity index (χ2v) is 7.81. The summed E-state index contributed by atoms with van der Waals surface area (Å²) in [7, 11) is -0.820. The summed E-state index contributed by atoms with van der Waals surface area (Å²) < 4.78 is 33.2. The molecule has 0 aliphatic carbocycles. The molecule has 0 bridgehead atoms. The van der Waals surface area contributed by atoms with Crippen LogP contribution in [0.15, 0.2) is 46.3 Å². The number of nitrogens with zero attached hydrogens (tertiary/aromatic N) is 1. The fraction of sp³-hybridized carbons (Fsp3) is 0.312. The van der Waals surface area contributed by atoms with Gasteiger partial charge in [0.1, 0.15) is 10.6 Å². The summed E-state index contributed by atoms with van der Waals surface area (Å²) in [5.41, 5.74) is 1.24. The number of rotatable bonds is 7. The number of esters is 1. The van der Waals surface area contributed by atoms with Crippen LogP contribution in [0.5, 0.6) is 0 Å². The first-order chi connectivity index (χ1) is 11.4. The predicted octanol–water partition coefficient (Wildman–Crippen LogP) is 2.05. The number of ether oxygens (including phenoxy) is 1. The molecule has 1 aromatic carbocycles. The fourth-order valence-corrected chi connectivity index (χ4v) is 3.70. The summed E-state index contributed by atoms with van der Waals surface area (Å²) >= 11 is 1.66. The van der Waals surface area contributed by atoms with Crippen molar-refractivity contribution in [2.75, 3.05) is 19.9 Å². The first-order valence-corrected chi connectivity index (χ1v) is 9.95. The molecule has 0 spiro atoms. The molecule has 2 aromatic rings. The van der Waals surface area contributed by atoms with Gasteiger partial charge in [-0.1, -0.05) is 12.1 Å². The zero-order valence-corrected chi connectivity index (χ0v) is 15.4. The van der Waals surface area contributed by atoms with Gasteiger partial charge in [-0.25, -0.2) is 17.9 Å². The van der Waals surface area contributed by atoms with Gasteiger partial charge >= 0.3 is 5.97 Å². The van der Waals surface area contributed by atoms with Gasteiger partial charge in [0.2, 0.25) is 10.0 Å². The Hall–Kier alpha value is -1.77. The molecule has 24 heavy (non-hydrogen) atoms. The first-order valence-electron chi connectivity index (χ1n) is 7.24. The quantitative estimate of drug-likeness (QED) is 0.598. The van der Waals surface area contributed by atoms with Crippen LogP contribution in [0, 0.1) is 0 Å². The van der Waals surface area contributed by atoms with Gasteiger partial charge in [0, 0.05) is 24.7 Å². The lowest BCUT2D eigenvalue weighted by Crippen LogP contribution is -2.25. The summed E-state index contributed by atoms with van der Waals surface area (Å²) in [6, 6.07) is 9.29. The SMILES string of the molecule is COC(=O)c1cc(S(=O)(=O)NCCc2ccc(SC)cc2)cn1C. The highest BCUT2D eigenvalue weighted by Crippen LogP contribution is 2.16. The summed E-state index contributed by atoms with van der Waals surface area (Å²) in [5, 5.41) is 0. The zero-order chi connectivity index (χ0) is 17.7. The Balaban J connectivity index is 2.01. The number of thioether (sulfide) groups is 1. The number of benzene rings is 1. The Kier molecular flexibility index (Phi) is 6.09. The molecule has 0 saturated heterocycles. The normalized spacial score (nSPS) is 11.5. The fourth-order valence-electron chi connectivity index (χ4n) is 2.19. The minimum atomic E-state index is -3.67. The number of carbonyl (C=O) groups is 1. The summed E-state index contributed by atoms with van der Waals surface area (Å²) in [6.45, 7) is 0.281. The van der Waals surface area contributed by atoms with Crippen LogP contribution in [0.4, 0.5) is 0 Å². The molecular weight excluding hydrogens is 348 g/mol. The van der Waals surface area contributed by atoms with Gasteiger partial charge in [-0.3, -0.25) is 0 Å². The molecule has 6 nitrogen and oxygen atoms in total. The van der Waals surface area contributed by atoms with Crippen LogP contribution in [-0.4, -0.2) is 38.9 Å². The van der Waals surface area contributed by atoms with Crippen LogP contribution in [0.1, 0.15) is 16.1 Å². The maximum Gasteiger partial charge on any atom is 0.354 e. The van der Waals surface area contributed by atoms with E-state index in [0.717, 1.165) is 5.56 Å². The Morgan fingerprint density at radius 2 is 1.96 bits per heavy atom. The number of nitrogens with one attached hydrogen (secondary N) is 1. The minimum absolute atomic E-state index is 0.0446. The largest absolute Gasteiger partial charge is 0.464 e. The second kappa shape index (κ2) is 7.87. The molecule has 0 aliphatic heterocycles. The average molecular weight is 368 g/mol. The molecule has 1 aromatic heterocycles.